The van der Waals surface area contributed by atoms with E-state index in [-0.39, 0.29) is 5.92 Å². The zero-order chi connectivity index (χ0) is 5.98. The van der Waals surface area contributed by atoms with Crippen molar-refractivity contribution in [2.24, 2.45) is 5.92 Å². The molecular formula is C5H10FNO. The molecule has 1 rings (SSSR count). The lowest BCUT2D eigenvalue weighted by atomic mass is 10.1. The van der Waals surface area contributed by atoms with Gasteiger partial charge in [0.05, 0.1) is 12.8 Å². The first kappa shape index (κ1) is 5.98. The Morgan fingerprint density at radius 3 is 2.62 bits per heavy atom. The number of hydrogen-bond acceptors (Lipinski definition) is 2. The Bertz CT molecular complexity index is 78.8. The average molecular weight is 119 g/mol. The van der Waals surface area contributed by atoms with E-state index in [1.54, 1.807) is 0 Å². The lowest BCUT2D eigenvalue weighted by molar-refractivity contribution is 0.131. The van der Waals surface area contributed by atoms with Crippen LogP contribution in [0.5, 0.6) is 0 Å². The highest BCUT2D eigenvalue weighted by Crippen LogP contribution is 2.07. The molecule has 0 aromatic heterocycles. The summed E-state index contributed by atoms with van der Waals surface area (Å²) in [7, 11) is 0. The first-order valence-electron chi connectivity index (χ1n) is 2.79. The maximum atomic E-state index is 11.7. The number of aliphatic hydroxyl groups is 1. The van der Waals surface area contributed by atoms with Crippen molar-refractivity contribution in [2.45, 2.75) is 6.10 Å². The summed E-state index contributed by atoms with van der Waals surface area (Å²) in [5, 5.41) is 11.8. The van der Waals surface area contributed by atoms with E-state index in [1.807, 2.05) is 0 Å². The van der Waals surface area contributed by atoms with Gasteiger partial charge in [0.15, 0.2) is 0 Å². The van der Waals surface area contributed by atoms with Crippen molar-refractivity contribution in [2.75, 3.05) is 19.8 Å². The third-order valence-electron chi connectivity index (χ3n) is 1.50. The smallest absolute Gasteiger partial charge is 0.0959 e. The van der Waals surface area contributed by atoms with E-state index in [0.29, 0.717) is 13.1 Å². The van der Waals surface area contributed by atoms with Gasteiger partial charge in [-0.15, -0.1) is 0 Å². The molecule has 0 aliphatic carbocycles. The number of hydrogen-bond donors (Lipinski definition) is 2. The van der Waals surface area contributed by atoms with E-state index in [2.05, 4.69) is 5.32 Å². The topological polar surface area (TPSA) is 32.3 Å². The summed E-state index contributed by atoms with van der Waals surface area (Å²) < 4.78 is 11.7. The van der Waals surface area contributed by atoms with Crippen molar-refractivity contribution < 1.29 is 9.50 Å². The summed E-state index contributed by atoms with van der Waals surface area (Å²) in [6.07, 6.45) is -0.458. The van der Waals surface area contributed by atoms with Gasteiger partial charge >= 0.3 is 0 Å². The second-order valence-electron chi connectivity index (χ2n) is 2.14. The maximum Gasteiger partial charge on any atom is 0.0959 e. The molecule has 2 atom stereocenters. The Hall–Kier alpha value is -0.150. The molecule has 0 unspecified atom stereocenters. The molecule has 3 heteroatoms. The van der Waals surface area contributed by atoms with Crippen molar-refractivity contribution >= 4 is 0 Å². The Labute approximate surface area is 47.7 Å². The number of β-amino-alcohol motifs (C(OH)–C–C–N with tert-alkyl or cyclic N) is 1. The van der Waals surface area contributed by atoms with E-state index in [9.17, 15) is 4.39 Å². The highest BCUT2D eigenvalue weighted by Gasteiger charge is 2.23. The van der Waals surface area contributed by atoms with Gasteiger partial charge in [-0.25, -0.2) is 0 Å². The van der Waals surface area contributed by atoms with E-state index < -0.39 is 12.8 Å². The normalized spacial score (nSPS) is 38.2. The van der Waals surface area contributed by atoms with Crippen molar-refractivity contribution in [1.82, 2.24) is 5.32 Å². The molecule has 48 valence electrons. The van der Waals surface area contributed by atoms with Crippen LogP contribution in [0.25, 0.3) is 0 Å². The predicted molar refractivity (Wildman–Crippen MR) is 28.3 cm³/mol. The van der Waals surface area contributed by atoms with Crippen molar-refractivity contribution in [3.8, 4) is 0 Å². The van der Waals surface area contributed by atoms with Crippen LogP contribution in [0.1, 0.15) is 0 Å². The number of rotatable bonds is 1. The van der Waals surface area contributed by atoms with Crippen LogP contribution in [0, 0.1) is 5.92 Å². The van der Waals surface area contributed by atoms with Gasteiger partial charge in [0, 0.05) is 19.0 Å². The molecule has 1 saturated heterocycles. The summed E-state index contributed by atoms with van der Waals surface area (Å²) in [4.78, 5) is 0. The fourth-order valence-electron chi connectivity index (χ4n) is 0.877. The zero-order valence-corrected chi connectivity index (χ0v) is 4.60. The van der Waals surface area contributed by atoms with E-state index in [1.165, 1.54) is 0 Å². The summed E-state index contributed by atoms with van der Waals surface area (Å²) in [5.41, 5.74) is 0. The van der Waals surface area contributed by atoms with Crippen LogP contribution >= 0.6 is 0 Å². The molecule has 0 aromatic rings. The molecule has 0 saturated carbocycles. The monoisotopic (exact) mass is 119 g/mol. The van der Waals surface area contributed by atoms with Gasteiger partial charge in [-0.3, -0.25) is 4.39 Å². The molecule has 0 aromatic carbocycles. The Balaban J connectivity index is 2.30. The van der Waals surface area contributed by atoms with Gasteiger partial charge in [-0.05, 0) is 0 Å². The first-order valence-corrected chi connectivity index (χ1v) is 2.79. The number of halogens is 1. The van der Waals surface area contributed by atoms with Crippen LogP contribution < -0.4 is 5.32 Å². The second-order valence-corrected chi connectivity index (χ2v) is 2.14. The van der Waals surface area contributed by atoms with Gasteiger partial charge in [-0.2, -0.15) is 0 Å². The molecule has 2 nitrogen and oxygen atoms in total. The third kappa shape index (κ3) is 0.980. The lowest BCUT2D eigenvalue weighted by Crippen LogP contribution is -2.19. The molecule has 8 heavy (non-hydrogen) atoms. The summed E-state index contributed by atoms with van der Waals surface area (Å²) in [5.74, 6) is -0.157. The molecule has 1 aliphatic heterocycles. The number of nitrogens with one attached hydrogen (secondary N) is 1. The quantitative estimate of drug-likeness (QED) is 0.489. The van der Waals surface area contributed by atoms with Gasteiger partial charge < -0.3 is 10.4 Å². The minimum atomic E-state index is -0.458. The maximum absolute atomic E-state index is 11.7. The van der Waals surface area contributed by atoms with Crippen LogP contribution in [0.3, 0.4) is 0 Å². The molecular weight excluding hydrogens is 109 g/mol. The van der Waals surface area contributed by atoms with E-state index in [4.69, 9.17) is 5.11 Å². The second kappa shape index (κ2) is 2.42. The summed E-state index contributed by atoms with van der Waals surface area (Å²) in [6.45, 7) is 0.764. The SMILES string of the molecule is O[C@@H]1CNC[C@H]1CF. The van der Waals surface area contributed by atoms with Gasteiger partial charge in [-0.1, -0.05) is 0 Å². The largest absolute Gasteiger partial charge is 0.391 e. The Kier molecular flexibility index (Phi) is 1.81. The van der Waals surface area contributed by atoms with Crippen LogP contribution in [0.15, 0.2) is 0 Å². The van der Waals surface area contributed by atoms with Gasteiger partial charge in [0.25, 0.3) is 0 Å². The Morgan fingerprint density at radius 1 is 1.62 bits per heavy atom. The molecule has 1 heterocycles. The minimum absolute atomic E-state index is 0.157. The molecule has 0 amide bonds. The fourth-order valence-corrected chi connectivity index (χ4v) is 0.877. The zero-order valence-electron chi connectivity index (χ0n) is 4.60. The minimum Gasteiger partial charge on any atom is -0.391 e. The standard InChI is InChI=1S/C5H10FNO/c6-1-4-2-7-3-5(4)8/h4-5,7-8H,1-3H2/t4-,5-/m1/s1. The number of aliphatic hydroxyl groups excluding tert-OH is 1. The predicted octanol–water partition coefficient (Wildman–Crippen LogP) is -0.464. The number of alkyl halides is 1. The first-order chi connectivity index (χ1) is 3.84. The molecule has 2 N–H and O–H groups in total. The van der Waals surface area contributed by atoms with Crippen LogP contribution in [-0.4, -0.2) is 31.0 Å². The third-order valence-corrected chi connectivity index (χ3v) is 1.50. The van der Waals surface area contributed by atoms with Crippen LogP contribution in [0.4, 0.5) is 4.39 Å². The molecule has 0 radical (unpaired) electrons. The highest BCUT2D eigenvalue weighted by atomic mass is 19.1. The van der Waals surface area contributed by atoms with Crippen molar-refractivity contribution in [1.29, 1.82) is 0 Å². The molecule has 1 fully saturated rings. The van der Waals surface area contributed by atoms with Crippen molar-refractivity contribution in [3.05, 3.63) is 0 Å². The average Bonchev–Trinajstić information content (AvgIpc) is 2.14. The van der Waals surface area contributed by atoms with Crippen LogP contribution in [-0.2, 0) is 0 Å². The summed E-state index contributed by atoms with van der Waals surface area (Å²) in [6, 6.07) is 0. The van der Waals surface area contributed by atoms with Gasteiger partial charge in [0.1, 0.15) is 0 Å². The van der Waals surface area contributed by atoms with Gasteiger partial charge in [0.2, 0.25) is 0 Å². The van der Waals surface area contributed by atoms with E-state index in [0.717, 1.165) is 0 Å². The van der Waals surface area contributed by atoms with Crippen LogP contribution in [0.2, 0.25) is 0 Å². The molecule has 0 bridgehead atoms. The fraction of sp³-hybridized carbons (Fsp3) is 1.00. The highest BCUT2D eigenvalue weighted by molar-refractivity contribution is 4.79. The summed E-state index contributed by atoms with van der Waals surface area (Å²) >= 11 is 0. The Morgan fingerprint density at radius 2 is 2.38 bits per heavy atom. The molecule has 0 spiro atoms. The molecule has 1 aliphatic rings. The van der Waals surface area contributed by atoms with E-state index >= 15 is 0 Å². The van der Waals surface area contributed by atoms with Crippen molar-refractivity contribution in [3.63, 3.8) is 0 Å². The lowest BCUT2D eigenvalue weighted by Gasteiger charge is -2.05.